The standard InChI is InChI=1S/C10H17NO3/c1-11(6-2-3-10(13)14)9(12)7-8-4-5-8/h8H,2-7H2,1H3,(H,13,14). The van der Waals surface area contributed by atoms with E-state index >= 15 is 0 Å². The number of hydrogen-bond acceptors (Lipinski definition) is 2. The molecule has 0 saturated heterocycles. The predicted molar refractivity (Wildman–Crippen MR) is 51.8 cm³/mol. The van der Waals surface area contributed by atoms with E-state index in [2.05, 4.69) is 0 Å². The van der Waals surface area contributed by atoms with Gasteiger partial charge in [-0.3, -0.25) is 9.59 Å². The summed E-state index contributed by atoms with van der Waals surface area (Å²) in [4.78, 5) is 23.3. The molecule has 1 amide bonds. The maximum Gasteiger partial charge on any atom is 0.303 e. The third kappa shape index (κ3) is 4.25. The highest BCUT2D eigenvalue weighted by Gasteiger charge is 2.25. The van der Waals surface area contributed by atoms with Crippen LogP contribution in [0.4, 0.5) is 0 Å². The van der Waals surface area contributed by atoms with E-state index in [1.54, 1.807) is 11.9 Å². The molecule has 14 heavy (non-hydrogen) atoms. The fraction of sp³-hybridized carbons (Fsp3) is 0.800. The highest BCUT2D eigenvalue weighted by atomic mass is 16.4. The molecule has 1 rings (SSSR count). The minimum absolute atomic E-state index is 0.140. The van der Waals surface area contributed by atoms with Crippen molar-refractivity contribution in [3.8, 4) is 0 Å². The van der Waals surface area contributed by atoms with E-state index in [9.17, 15) is 9.59 Å². The Morgan fingerprint density at radius 2 is 2.07 bits per heavy atom. The molecule has 1 aliphatic carbocycles. The number of amides is 1. The van der Waals surface area contributed by atoms with Crippen LogP contribution in [0.15, 0.2) is 0 Å². The first kappa shape index (κ1) is 11.0. The molecule has 1 aliphatic rings. The molecule has 1 N–H and O–H groups in total. The summed E-state index contributed by atoms with van der Waals surface area (Å²) in [6.45, 7) is 0.553. The number of aliphatic carboxylic acids is 1. The Bertz CT molecular complexity index is 223. The monoisotopic (exact) mass is 199 g/mol. The van der Waals surface area contributed by atoms with Gasteiger partial charge in [-0.15, -0.1) is 0 Å². The molecule has 80 valence electrons. The molecule has 0 aliphatic heterocycles. The van der Waals surface area contributed by atoms with Crippen LogP contribution in [-0.4, -0.2) is 35.5 Å². The smallest absolute Gasteiger partial charge is 0.303 e. The Morgan fingerprint density at radius 1 is 1.43 bits per heavy atom. The second-order valence-electron chi connectivity index (χ2n) is 3.96. The topological polar surface area (TPSA) is 57.6 Å². The van der Waals surface area contributed by atoms with Gasteiger partial charge < -0.3 is 10.0 Å². The second kappa shape index (κ2) is 4.98. The van der Waals surface area contributed by atoms with Gasteiger partial charge in [0.2, 0.25) is 5.91 Å². The number of nitrogens with zero attached hydrogens (tertiary/aromatic N) is 1. The van der Waals surface area contributed by atoms with Crippen LogP contribution in [0, 0.1) is 5.92 Å². The van der Waals surface area contributed by atoms with E-state index in [1.807, 2.05) is 0 Å². The first-order valence-electron chi connectivity index (χ1n) is 5.05. The minimum atomic E-state index is -0.798. The average molecular weight is 199 g/mol. The zero-order valence-corrected chi connectivity index (χ0v) is 8.53. The van der Waals surface area contributed by atoms with Crippen molar-refractivity contribution in [2.24, 2.45) is 5.92 Å². The molecule has 4 nitrogen and oxygen atoms in total. The Morgan fingerprint density at radius 3 is 2.57 bits per heavy atom. The van der Waals surface area contributed by atoms with Gasteiger partial charge in [0, 0.05) is 26.4 Å². The van der Waals surface area contributed by atoms with E-state index in [-0.39, 0.29) is 12.3 Å². The number of carbonyl (C=O) groups excluding carboxylic acids is 1. The van der Waals surface area contributed by atoms with Crippen LogP contribution < -0.4 is 0 Å². The molecular weight excluding hydrogens is 182 g/mol. The van der Waals surface area contributed by atoms with Gasteiger partial charge in [0.05, 0.1) is 0 Å². The van der Waals surface area contributed by atoms with Crippen LogP contribution in [0.25, 0.3) is 0 Å². The Hall–Kier alpha value is -1.06. The number of carboxylic acid groups (broad SMARTS) is 1. The Labute approximate surface area is 83.9 Å². The summed E-state index contributed by atoms with van der Waals surface area (Å²) in [6.07, 6.45) is 3.68. The van der Waals surface area contributed by atoms with Gasteiger partial charge in [-0.05, 0) is 25.2 Å². The van der Waals surface area contributed by atoms with Crippen molar-refractivity contribution < 1.29 is 14.7 Å². The minimum Gasteiger partial charge on any atom is -0.481 e. The van der Waals surface area contributed by atoms with E-state index < -0.39 is 5.97 Å². The molecule has 0 unspecified atom stereocenters. The molecule has 0 bridgehead atoms. The third-order valence-corrected chi connectivity index (χ3v) is 2.47. The highest BCUT2D eigenvalue weighted by Crippen LogP contribution is 2.32. The SMILES string of the molecule is CN(CCCC(=O)O)C(=O)CC1CC1. The van der Waals surface area contributed by atoms with E-state index in [1.165, 1.54) is 12.8 Å². The molecule has 0 aromatic carbocycles. The van der Waals surface area contributed by atoms with Gasteiger partial charge in [0.15, 0.2) is 0 Å². The summed E-state index contributed by atoms with van der Waals surface area (Å²) in [5.41, 5.74) is 0. The van der Waals surface area contributed by atoms with Crippen molar-refractivity contribution >= 4 is 11.9 Å². The second-order valence-corrected chi connectivity index (χ2v) is 3.96. The lowest BCUT2D eigenvalue weighted by Crippen LogP contribution is -2.28. The number of carbonyl (C=O) groups is 2. The van der Waals surface area contributed by atoms with Crippen LogP contribution in [-0.2, 0) is 9.59 Å². The van der Waals surface area contributed by atoms with E-state index in [0.717, 1.165) is 0 Å². The summed E-state index contributed by atoms with van der Waals surface area (Å²) >= 11 is 0. The normalized spacial score (nSPS) is 15.2. The fourth-order valence-corrected chi connectivity index (χ4v) is 1.32. The van der Waals surface area contributed by atoms with Crippen molar-refractivity contribution in [3.05, 3.63) is 0 Å². The quantitative estimate of drug-likeness (QED) is 0.697. The number of hydrogen-bond donors (Lipinski definition) is 1. The number of rotatable bonds is 6. The summed E-state index contributed by atoms with van der Waals surface area (Å²) in [7, 11) is 1.74. The van der Waals surface area contributed by atoms with Gasteiger partial charge in [-0.2, -0.15) is 0 Å². The number of carboxylic acids is 1. The summed E-state index contributed by atoms with van der Waals surface area (Å²) in [5, 5.41) is 8.42. The van der Waals surface area contributed by atoms with Crippen LogP contribution in [0.5, 0.6) is 0 Å². The third-order valence-electron chi connectivity index (χ3n) is 2.47. The van der Waals surface area contributed by atoms with Gasteiger partial charge in [0.25, 0.3) is 0 Å². The molecular formula is C10H17NO3. The molecule has 0 heterocycles. The summed E-state index contributed by atoms with van der Waals surface area (Å²) in [6, 6.07) is 0. The zero-order valence-electron chi connectivity index (χ0n) is 8.53. The van der Waals surface area contributed by atoms with Crippen molar-refractivity contribution in [1.82, 2.24) is 4.90 Å². The molecule has 1 fully saturated rings. The fourth-order valence-electron chi connectivity index (χ4n) is 1.32. The molecule has 0 aromatic heterocycles. The van der Waals surface area contributed by atoms with Gasteiger partial charge >= 0.3 is 5.97 Å². The molecule has 4 heteroatoms. The first-order valence-corrected chi connectivity index (χ1v) is 5.05. The predicted octanol–water partition coefficient (Wildman–Crippen LogP) is 1.11. The molecule has 0 atom stereocenters. The van der Waals surface area contributed by atoms with Crippen LogP contribution >= 0.6 is 0 Å². The van der Waals surface area contributed by atoms with Crippen LogP contribution in [0.1, 0.15) is 32.1 Å². The van der Waals surface area contributed by atoms with E-state index in [0.29, 0.717) is 25.3 Å². The lowest BCUT2D eigenvalue weighted by molar-refractivity contribution is -0.138. The van der Waals surface area contributed by atoms with E-state index in [4.69, 9.17) is 5.11 Å². The molecule has 0 aromatic rings. The molecule has 1 saturated carbocycles. The first-order chi connectivity index (χ1) is 6.59. The lowest BCUT2D eigenvalue weighted by Gasteiger charge is -2.16. The van der Waals surface area contributed by atoms with Crippen LogP contribution in [0.2, 0.25) is 0 Å². The summed E-state index contributed by atoms with van der Waals surface area (Å²) < 4.78 is 0. The average Bonchev–Trinajstić information content (AvgIpc) is 2.87. The van der Waals surface area contributed by atoms with Gasteiger partial charge in [-0.1, -0.05) is 0 Å². The van der Waals surface area contributed by atoms with Gasteiger partial charge in [0.1, 0.15) is 0 Å². The lowest BCUT2D eigenvalue weighted by atomic mass is 10.2. The highest BCUT2D eigenvalue weighted by molar-refractivity contribution is 5.76. The van der Waals surface area contributed by atoms with Crippen molar-refractivity contribution in [3.63, 3.8) is 0 Å². The molecule has 0 spiro atoms. The Kier molecular flexibility index (Phi) is 3.92. The largest absolute Gasteiger partial charge is 0.481 e. The maximum atomic E-state index is 11.4. The molecule has 0 radical (unpaired) electrons. The van der Waals surface area contributed by atoms with Crippen molar-refractivity contribution in [1.29, 1.82) is 0 Å². The van der Waals surface area contributed by atoms with Gasteiger partial charge in [-0.25, -0.2) is 0 Å². The van der Waals surface area contributed by atoms with Crippen molar-refractivity contribution in [2.75, 3.05) is 13.6 Å². The van der Waals surface area contributed by atoms with Crippen LogP contribution in [0.3, 0.4) is 0 Å². The Balaban J connectivity index is 2.09. The summed E-state index contributed by atoms with van der Waals surface area (Å²) in [5.74, 6) is -0.0460. The van der Waals surface area contributed by atoms with Crippen molar-refractivity contribution in [2.45, 2.75) is 32.1 Å². The zero-order chi connectivity index (χ0) is 10.6. The maximum absolute atomic E-state index is 11.4.